The fourth-order valence-corrected chi connectivity index (χ4v) is 1.44. The Morgan fingerprint density at radius 2 is 2.40 bits per heavy atom. The molecule has 1 aliphatic rings. The lowest BCUT2D eigenvalue weighted by atomic mass is 10.1. The Kier molecular flexibility index (Phi) is 4.30. The van der Waals surface area contributed by atoms with Crippen LogP contribution in [0, 0.1) is 0 Å². The zero-order valence-electron chi connectivity index (χ0n) is 8.44. The van der Waals surface area contributed by atoms with Gasteiger partial charge in [0.1, 0.15) is 12.1 Å². The van der Waals surface area contributed by atoms with Crippen LogP contribution in [0.4, 0.5) is 0 Å². The van der Waals surface area contributed by atoms with Crippen LogP contribution in [0.25, 0.3) is 0 Å². The molecule has 5 nitrogen and oxygen atoms in total. The van der Waals surface area contributed by atoms with Crippen LogP contribution in [0.5, 0.6) is 0 Å². The van der Waals surface area contributed by atoms with E-state index in [-0.39, 0.29) is 12.3 Å². The molecule has 1 amide bonds. The van der Waals surface area contributed by atoms with Crippen molar-refractivity contribution in [3.05, 3.63) is 12.7 Å². The molecule has 0 saturated carbocycles. The van der Waals surface area contributed by atoms with Gasteiger partial charge in [-0.25, -0.2) is 4.79 Å². The molecule has 1 aliphatic heterocycles. The molecule has 0 bridgehead atoms. The van der Waals surface area contributed by atoms with E-state index in [1.807, 2.05) is 0 Å². The molecule has 2 N–H and O–H groups in total. The van der Waals surface area contributed by atoms with Crippen molar-refractivity contribution in [1.82, 2.24) is 5.32 Å². The second-order valence-corrected chi connectivity index (χ2v) is 3.43. The summed E-state index contributed by atoms with van der Waals surface area (Å²) < 4.78 is 5.14. The average molecular weight is 213 g/mol. The van der Waals surface area contributed by atoms with Crippen molar-refractivity contribution in [2.45, 2.75) is 31.4 Å². The van der Waals surface area contributed by atoms with Crippen molar-refractivity contribution >= 4 is 11.9 Å². The summed E-state index contributed by atoms with van der Waals surface area (Å²) >= 11 is 0. The van der Waals surface area contributed by atoms with Crippen LogP contribution in [0.1, 0.15) is 19.3 Å². The maximum atomic E-state index is 11.5. The van der Waals surface area contributed by atoms with Crippen molar-refractivity contribution in [1.29, 1.82) is 0 Å². The van der Waals surface area contributed by atoms with Crippen molar-refractivity contribution < 1.29 is 19.4 Å². The fourth-order valence-electron chi connectivity index (χ4n) is 1.44. The van der Waals surface area contributed by atoms with Crippen LogP contribution < -0.4 is 5.32 Å². The molecule has 0 aromatic carbocycles. The summed E-state index contributed by atoms with van der Waals surface area (Å²) in [6.45, 7) is 4.01. The van der Waals surface area contributed by atoms with E-state index in [1.54, 1.807) is 0 Å². The first-order chi connectivity index (χ1) is 7.15. The number of carboxylic acid groups (broad SMARTS) is 1. The van der Waals surface area contributed by atoms with Gasteiger partial charge in [-0.15, -0.1) is 6.58 Å². The van der Waals surface area contributed by atoms with Gasteiger partial charge in [-0.3, -0.25) is 4.79 Å². The number of carbonyl (C=O) groups excluding carboxylic acids is 1. The Morgan fingerprint density at radius 1 is 1.67 bits per heavy atom. The Bertz CT molecular complexity index is 258. The number of carbonyl (C=O) groups is 2. The second-order valence-electron chi connectivity index (χ2n) is 3.43. The summed E-state index contributed by atoms with van der Waals surface area (Å²) in [5.74, 6) is -1.40. The molecule has 15 heavy (non-hydrogen) atoms. The van der Waals surface area contributed by atoms with Gasteiger partial charge in [0.05, 0.1) is 0 Å². The fraction of sp³-hybridized carbons (Fsp3) is 0.600. The number of carboxylic acids is 1. The van der Waals surface area contributed by atoms with Crippen LogP contribution in [-0.2, 0) is 14.3 Å². The minimum Gasteiger partial charge on any atom is -0.480 e. The van der Waals surface area contributed by atoms with E-state index < -0.39 is 18.1 Å². The zero-order valence-corrected chi connectivity index (χ0v) is 8.44. The summed E-state index contributed by atoms with van der Waals surface area (Å²) in [7, 11) is 0. The number of nitrogens with one attached hydrogen (secondary N) is 1. The maximum absolute atomic E-state index is 11.5. The van der Waals surface area contributed by atoms with Gasteiger partial charge in [0, 0.05) is 6.61 Å². The Balaban J connectivity index is 2.45. The number of rotatable bonds is 5. The second kappa shape index (κ2) is 5.50. The predicted octanol–water partition coefficient (Wildman–Crippen LogP) is 0.311. The first kappa shape index (κ1) is 11.7. The third kappa shape index (κ3) is 3.36. The third-order valence-electron chi connectivity index (χ3n) is 2.24. The standard InChI is InChI=1S/C10H15NO4/c1-2-4-7(10(13)14)11-9(12)8-5-3-6-15-8/h2,7-8H,1,3-6H2,(H,11,12)(H,13,14)/t7?,8-/m0/s1. The zero-order chi connectivity index (χ0) is 11.3. The van der Waals surface area contributed by atoms with Gasteiger partial charge in [-0.05, 0) is 19.3 Å². The minimum absolute atomic E-state index is 0.216. The molecule has 0 aromatic heterocycles. The monoisotopic (exact) mass is 213 g/mol. The smallest absolute Gasteiger partial charge is 0.326 e. The Labute approximate surface area is 88.1 Å². The Morgan fingerprint density at radius 3 is 2.87 bits per heavy atom. The van der Waals surface area contributed by atoms with Gasteiger partial charge in [-0.2, -0.15) is 0 Å². The van der Waals surface area contributed by atoms with Crippen molar-refractivity contribution in [2.24, 2.45) is 0 Å². The number of ether oxygens (including phenoxy) is 1. The highest BCUT2D eigenvalue weighted by Crippen LogP contribution is 2.12. The summed E-state index contributed by atoms with van der Waals surface area (Å²) in [5, 5.41) is 11.2. The highest BCUT2D eigenvalue weighted by molar-refractivity contribution is 5.86. The van der Waals surface area contributed by atoms with Crippen LogP contribution in [-0.4, -0.2) is 35.7 Å². The molecule has 0 spiro atoms. The van der Waals surface area contributed by atoms with Crippen molar-refractivity contribution in [2.75, 3.05) is 6.61 Å². The lowest BCUT2D eigenvalue weighted by Gasteiger charge is -2.15. The van der Waals surface area contributed by atoms with E-state index >= 15 is 0 Å². The van der Waals surface area contributed by atoms with E-state index in [0.29, 0.717) is 13.0 Å². The SMILES string of the molecule is C=CCC(NC(=O)[C@@H]1CCCO1)C(=O)O. The average Bonchev–Trinajstić information content (AvgIpc) is 2.69. The lowest BCUT2D eigenvalue weighted by molar-refractivity contribution is -0.143. The van der Waals surface area contributed by atoms with Gasteiger partial charge in [0.25, 0.3) is 0 Å². The molecular formula is C10H15NO4. The van der Waals surface area contributed by atoms with Crippen LogP contribution >= 0.6 is 0 Å². The highest BCUT2D eigenvalue weighted by Gasteiger charge is 2.27. The third-order valence-corrected chi connectivity index (χ3v) is 2.24. The van der Waals surface area contributed by atoms with E-state index in [0.717, 1.165) is 6.42 Å². The van der Waals surface area contributed by atoms with Gasteiger partial charge in [0.15, 0.2) is 0 Å². The summed E-state index contributed by atoms with van der Waals surface area (Å²) in [5.41, 5.74) is 0. The summed E-state index contributed by atoms with van der Waals surface area (Å²) in [6.07, 6.45) is 2.70. The minimum atomic E-state index is -1.05. The quantitative estimate of drug-likeness (QED) is 0.644. The lowest BCUT2D eigenvalue weighted by Crippen LogP contribution is -2.45. The molecule has 5 heteroatoms. The number of aliphatic carboxylic acids is 1. The summed E-state index contributed by atoms with van der Waals surface area (Å²) in [4.78, 5) is 22.2. The molecule has 1 saturated heterocycles. The van der Waals surface area contributed by atoms with E-state index in [9.17, 15) is 9.59 Å². The molecule has 1 rings (SSSR count). The van der Waals surface area contributed by atoms with Crippen LogP contribution in [0.3, 0.4) is 0 Å². The molecule has 0 aromatic rings. The molecule has 2 atom stereocenters. The first-order valence-electron chi connectivity index (χ1n) is 4.91. The predicted molar refractivity (Wildman–Crippen MR) is 53.4 cm³/mol. The molecule has 84 valence electrons. The number of hydrogen-bond acceptors (Lipinski definition) is 3. The van der Waals surface area contributed by atoms with Crippen LogP contribution in [0.2, 0.25) is 0 Å². The van der Waals surface area contributed by atoms with E-state index in [1.165, 1.54) is 6.08 Å². The molecule has 0 radical (unpaired) electrons. The first-order valence-corrected chi connectivity index (χ1v) is 4.91. The number of amides is 1. The highest BCUT2D eigenvalue weighted by atomic mass is 16.5. The van der Waals surface area contributed by atoms with Gasteiger partial charge >= 0.3 is 5.97 Å². The van der Waals surface area contributed by atoms with Crippen LogP contribution in [0.15, 0.2) is 12.7 Å². The number of hydrogen-bond donors (Lipinski definition) is 2. The van der Waals surface area contributed by atoms with E-state index in [4.69, 9.17) is 9.84 Å². The molecule has 1 fully saturated rings. The van der Waals surface area contributed by atoms with Gasteiger partial charge < -0.3 is 15.2 Å². The summed E-state index contributed by atoms with van der Waals surface area (Å²) in [6, 6.07) is -0.904. The Hall–Kier alpha value is -1.36. The normalized spacial score (nSPS) is 22.0. The maximum Gasteiger partial charge on any atom is 0.326 e. The topological polar surface area (TPSA) is 75.6 Å². The van der Waals surface area contributed by atoms with Gasteiger partial charge in [-0.1, -0.05) is 6.08 Å². The molecule has 0 aliphatic carbocycles. The van der Waals surface area contributed by atoms with Crippen molar-refractivity contribution in [3.63, 3.8) is 0 Å². The molecular weight excluding hydrogens is 198 g/mol. The van der Waals surface area contributed by atoms with Gasteiger partial charge in [0.2, 0.25) is 5.91 Å². The van der Waals surface area contributed by atoms with E-state index in [2.05, 4.69) is 11.9 Å². The molecule has 1 heterocycles. The largest absolute Gasteiger partial charge is 0.480 e. The van der Waals surface area contributed by atoms with Crippen molar-refractivity contribution in [3.8, 4) is 0 Å². The molecule has 1 unspecified atom stereocenters.